The van der Waals surface area contributed by atoms with E-state index in [9.17, 15) is 9.90 Å². The molecule has 1 fully saturated rings. The highest BCUT2D eigenvalue weighted by atomic mass is 16.7. The Morgan fingerprint density at radius 1 is 1.50 bits per heavy atom. The van der Waals surface area contributed by atoms with Crippen LogP contribution in [0, 0.1) is 0 Å². The number of aliphatic hydroxyl groups is 1. The van der Waals surface area contributed by atoms with E-state index < -0.39 is 6.10 Å². The number of hydrogen-bond donors (Lipinski definition) is 1. The Labute approximate surface area is 130 Å². The summed E-state index contributed by atoms with van der Waals surface area (Å²) < 4.78 is 16.7. The van der Waals surface area contributed by atoms with Gasteiger partial charge in [-0.15, -0.1) is 6.58 Å². The second-order valence-corrected chi connectivity index (χ2v) is 5.61. The topological polar surface area (TPSA) is 68.9 Å². The fourth-order valence-corrected chi connectivity index (χ4v) is 2.58. The molecule has 1 N–H and O–H groups in total. The van der Waals surface area contributed by atoms with Crippen molar-refractivity contribution in [2.24, 2.45) is 0 Å². The molecule has 0 aromatic carbocycles. The first-order valence-electron chi connectivity index (χ1n) is 7.81. The van der Waals surface area contributed by atoms with Crippen molar-refractivity contribution >= 4 is 0 Å². The molecule has 122 valence electrons. The van der Waals surface area contributed by atoms with Crippen LogP contribution in [0.15, 0.2) is 40.3 Å². The Bertz CT molecular complexity index is 504. The van der Waals surface area contributed by atoms with Gasteiger partial charge < -0.3 is 19.0 Å². The van der Waals surface area contributed by atoms with E-state index in [0.717, 1.165) is 25.9 Å². The molecule has 3 atom stereocenters. The van der Waals surface area contributed by atoms with Gasteiger partial charge in [0.1, 0.15) is 5.76 Å². The zero-order chi connectivity index (χ0) is 15.8. The van der Waals surface area contributed by atoms with Gasteiger partial charge in [0.2, 0.25) is 0 Å². The van der Waals surface area contributed by atoms with E-state index in [2.05, 4.69) is 6.58 Å². The first-order valence-corrected chi connectivity index (χ1v) is 7.81. The van der Waals surface area contributed by atoms with Gasteiger partial charge in [0.05, 0.1) is 18.5 Å². The van der Waals surface area contributed by atoms with Crippen molar-refractivity contribution in [1.29, 1.82) is 0 Å². The molecule has 0 bridgehead atoms. The molecule has 2 heterocycles. The van der Waals surface area contributed by atoms with E-state index in [1.165, 1.54) is 18.4 Å². The van der Waals surface area contributed by atoms with Crippen LogP contribution in [0.25, 0.3) is 0 Å². The molecular weight excluding hydrogens is 284 g/mol. The molecule has 1 aliphatic rings. The van der Waals surface area contributed by atoms with Gasteiger partial charge in [-0.3, -0.25) is 4.79 Å². The van der Waals surface area contributed by atoms with E-state index in [4.69, 9.17) is 13.9 Å². The van der Waals surface area contributed by atoms with Crippen molar-refractivity contribution < 1.29 is 19.0 Å². The molecule has 3 unspecified atom stereocenters. The van der Waals surface area contributed by atoms with Crippen LogP contribution < -0.4 is 5.43 Å². The molecule has 0 amide bonds. The second-order valence-electron chi connectivity index (χ2n) is 5.61. The summed E-state index contributed by atoms with van der Waals surface area (Å²) in [6.07, 6.45) is 6.59. The molecule has 0 aliphatic carbocycles. The average Bonchev–Trinajstić information content (AvgIpc) is 2.48. The minimum atomic E-state index is -0.640. The Hall–Kier alpha value is -1.43. The maximum absolute atomic E-state index is 11.3. The number of rotatable bonds is 8. The van der Waals surface area contributed by atoms with Gasteiger partial charge in [-0.05, 0) is 25.7 Å². The predicted octanol–water partition coefficient (Wildman–Crippen LogP) is 2.42. The number of ether oxygens (including phenoxy) is 2. The standard InChI is InChI=1S/C17H24O5/c1-2-5-15(22-17-6-3-4-8-21-17)11-14(19)12-16-10-13(18)7-9-20-16/h2,7,9-10,14-15,17,19H,1,3-6,8,11-12H2. The first kappa shape index (κ1) is 16.9. The highest BCUT2D eigenvalue weighted by Crippen LogP contribution is 2.20. The largest absolute Gasteiger partial charge is 0.469 e. The molecule has 5 nitrogen and oxygen atoms in total. The molecule has 1 aliphatic heterocycles. The summed E-state index contributed by atoms with van der Waals surface area (Å²) >= 11 is 0. The average molecular weight is 308 g/mol. The molecule has 1 saturated heterocycles. The molecule has 0 spiro atoms. The summed E-state index contributed by atoms with van der Waals surface area (Å²) in [6.45, 7) is 4.46. The van der Waals surface area contributed by atoms with Crippen molar-refractivity contribution in [3.8, 4) is 0 Å². The fraction of sp³-hybridized carbons (Fsp3) is 0.588. The highest BCUT2D eigenvalue weighted by Gasteiger charge is 2.22. The lowest BCUT2D eigenvalue weighted by Crippen LogP contribution is -2.30. The van der Waals surface area contributed by atoms with Gasteiger partial charge in [0, 0.05) is 31.6 Å². The lowest BCUT2D eigenvalue weighted by Gasteiger charge is -2.28. The van der Waals surface area contributed by atoms with Crippen LogP contribution in [-0.4, -0.2) is 30.2 Å². The molecule has 1 aromatic heterocycles. The van der Waals surface area contributed by atoms with Gasteiger partial charge >= 0.3 is 0 Å². The highest BCUT2D eigenvalue weighted by molar-refractivity contribution is 5.01. The van der Waals surface area contributed by atoms with Gasteiger partial charge in [0.25, 0.3) is 0 Å². The normalized spacial score (nSPS) is 21.2. The van der Waals surface area contributed by atoms with Crippen LogP contribution >= 0.6 is 0 Å². The van der Waals surface area contributed by atoms with Crippen molar-refractivity contribution in [3.05, 3.63) is 47.0 Å². The minimum absolute atomic E-state index is 0.122. The summed E-state index contributed by atoms with van der Waals surface area (Å²) in [5.41, 5.74) is -0.122. The second kappa shape index (κ2) is 8.88. The Morgan fingerprint density at radius 3 is 3.05 bits per heavy atom. The van der Waals surface area contributed by atoms with Gasteiger partial charge in [-0.2, -0.15) is 0 Å². The zero-order valence-electron chi connectivity index (χ0n) is 12.8. The number of hydrogen-bond acceptors (Lipinski definition) is 5. The van der Waals surface area contributed by atoms with Gasteiger partial charge in [-0.1, -0.05) is 6.08 Å². The summed E-state index contributed by atoms with van der Waals surface area (Å²) in [7, 11) is 0. The Morgan fingerprint density at radius 2 is 2.36 bits per heavy atom. The monoisotopic (exact) mass is 308 g/mol. The maximum Gasteiger partial charge on any atom is 0.185 e. The Kier molecular flexibility index (Phi) is 6.83. The third-order valence-electron chi connectivity index (χ3n) is 3.64. The molecular formula is C17H24O5. The van der Waals surface area contributed by atoms with Crippen molar-refractivity contribution in [2.75, 3.05) is 6.61 Å². The molecule has 2 rings (SSSR count). The van der Waals surface area contributed by atoms with Crippen molar-refractivity contribution in [3.63, 3.8) is 0 Å². The van der Waals surface area contributed by atoms with Gasteiger partial charge in [0.15, 0.2) is 11.7 Å². The quantitative estimate of drug-likeness (QED) is 0.747. The molecule has 22 heavy (non-hydrogen) atoms. The summed E-state index contributed by atoms with van der Waals surface area (Å²) in [6, 6.07) is 2.75. The third-order valence-corrected chi connectivity index (χ3v) is 3.64. The molecule has 1 aromatic rings. The van der Waals surface area contributed by atoms with Crippen LogP contribution in [0.2, 0.25) is 0 Å². The molecule has 0 radical (unpaired) electrons. The predicted molar refractivity (Wildman–Crippen MR) is 82.6 cm³/mol. The van der Waals surface area contributed by atoms with E-state index >= 15 is 0 Å². The zero-order valence-corrected chi connectivity index (χ0v) is 12.8. The lowest BCUT2D eigenvalue weighted by atomic mass is 10.0. The van der Waals surface area contributed by atoms with Crippen LogP contribution in [0.1, 0.15) is 37.9 Å². The maximum atomic E-state index is 11.3. The van der Waals surface area contributed by atoms with Crippen LogP contribution in [0.5, 0.6) is 0 Å². The van der Waals surface area contributed by atoms with E-state index in [0.29, 0.717) is 25.0 Å². The Balaban J connectivity index is 1.85. The molecule has 0 saturated carbocycles. The first-order chi connectivity index (χ1) is 10.7. The fourth-order valence-electron chi connectivity index (χ4n) is 2.58. The van der Waals surface area contributed by atoms with Crippen LogP contribution in [0.4, 0.5) is 0 Å². The van der Waals surface area contributed by atoms with Crippen molar-refractivity contribution in [1.82, 2.24) is 0 Å². The molecule has 5 heteroatoms. The van der Waals surface area contributed by atoms with Gasteiger partial charge in [-0.25, -0.2) is 0 Å². The number of aliphatic hydroxyl groups excluding tert-OH is 1. The third kappa shape index (κ3) is 5.75. The van der Waals surface area contributed by atoms with E-state index in [-0.39, 0.29) is 17.8 Å². The van der Waals surface area contributed by atoms with Crippen LogP contribution in [0.3, 0.4) is 0 Å². The summed E-state index contributed by atoms with van der Waals surface area (Å²) in [5.74, 6) is 0.478. The SMILES string of the molecule is C=CCC(CC(O)Cc1cc(=O)cco1)OC1CCCCO1. The van der Waals surface area contributed by atoms with E-state index in [1.54, 1.807) is 6.08 Å². The minimum Gasteiger partial charge on any atom is -0.469 e. The lowest BCUT2D eigenvalue weighted by molar-refractivity contribution is -0.192. The van der Waals surface area contributed by atoms with E-state index in [1.807, 2.05) is 0 Å². The summed E-state index contributed by atoms with van der Waals surface area (Å²) in [4.78, 5) is 11.3. The summed E-state index contributed by atoms with van der Waals surface area (Å²) in [5, 5.41) is 10.2. The van der Waals surface area contributed by atoms with Crippen LogP contribution in [-0.2, 0) is 15.9 Å². The smallest absolute Gasteiger partial charge is 0.185 e. The van der Waals surface area contributed by atoms with Crippen molar-refractivity contribution in [2.45, 2.75) is 57.0 Å².